The number of esters is 4. The van der Waals surface area contributed by atoms with Gasteiger partial charge in [-0.3, -0.25) is 19.2 Å². The highest BCUT2D eigenvalue weighted by molar-refractivity contribution is 5.96. The Kier molecular flexibility index (Phi) is 17.0. The van der Waals surface area contributed by atoms with Crippen molar-refractivity contribution in [3.8, 4) is 11.1 Å². The van der Waals surface area contributed by atoms with Crippen molar-refractivity contribution in [2.75, 3.05) is 36.2 Å². The van der Waals surface area contributed by atoms with E-state index in [4.69, 9.17) is 18.9 Å². The molecule has 0 spiro atoms. The van der Waals surface area contributed by atoms with Gasteiger partial charge in [0.15, 0.2) is 11.8 Å². The summed E-state index contributed by atoms with van der Waals surface area (Å²) in [5.74, 6) is -4.45. The van der Waals surface area contributed by atoms with Crippen LogP contribution in [0.2, 0.25) is 0 Å². The van der Waals surface area contributed by atoms with Gasteiger partial charge in [0.2, 0.25) is 0 Å². The van der Waals surface area contributed by atoms with Crippen molar-refractivity contribution in [1.29, 1.82) is 0 Å². The van der Waals surface area contributed by atoms with Crippen LogP contribution in [0.3, 0.4) is 0 Å². The first-order chi connectivity index (χ1) is 32.7. The van der Waals surface area contributed by atoms with Gasteiger partial charge in [0.1, 0.15) is 0 Å². The Labute approximate surface area is 401 Å². The number of benzene rings is 6. The van der Waals surface area contributed by atoms with Crippen LogP contribution in [0.1, 0.15) is 72.2 Å². The zero-order chi connectivity index (χ0) is 49.1. The molecule has 0 atom stereocenters. The van der Waals surface area contributed by atoms with E-state index in [1.807, 2.05) is 48.5 Å². The van der Waals surface area contributed by atoms with Crippen molar-refractivity contribution in [2.45, 2.75) is 82.1 Å². The highest BCUT2D eigenvalue weighted by atomic mass is 16.6. The average molecular weight is 917 g/mol. The third-order valence-electron chi connectivity index (χ3n) is 12.3. The van der Waals surface area contributed by atoms with E-state index in [9.17, 15) is 19.2 Å². The average Bonchev–Trinajstić information content (AvgIpc) is 3.32. The SMILES string of the molecule is CCOC(=O)C(Cc1ccc(N(c2ccc(C)c(C)c2)c2ccc(-c3ccc(N(c4ccc(CC(C(=O)OCC)C(=O)OCC)cc4)c4ccc(C)c(C)c4)c(C)c3)cc2C)cc1)C(=O)OCC. The Morgan fingerprint density at radius 2 is 0.676 bits per heavy atom. The van der Waals surface area contributed by atoms with E-state index < -0.39 is 35.7 Å². The van der Waals surface area contributed by atoms with E-state index in [0.717, 1.165) is 67.5 Å². The van der Waals surface area contributed by atoms with Crippen LogP contribution < -0.4 is 9.80 Å². The molecule has 0 fully saturated rings. The molecule has 6 aromatic rings. The Hall–Kier alpha value is -7.20. The summed E-state index contributed by atoms with van der Waals surface area (Å²) in [6, 6.07) is 41.8. The molecule has 0 saturated heterocycles. The van der Waals surface area contributed by atoms with Gasteiger partial charge in [0.25, 0.3) is 0 Å². The lowest BCUT2D eigenvalue weighted by molar-refractivity contribution is -0.163. The summed E-state index contributed by atoms with van der Waals surface area (Å²) in [5, 5.41) is 0. The van der Waals surface area contributed by atoms with Crippen molar-refractivity contribution in [3.63, 3.8) is 0 Å². The molecule has 0 aliphatic heterocycles. The van der Waals surface area contributed by atoms with Gasteiger partial charge in [-0.2, -0.15) is 0 Å². The molecule has 6 aromatic carbocycles. The van der Waals surface area contributed by atoms with Crippen LogP contribution >= 0.6 is 0 Å². The second-order valence-corrected chi connectivity index (χ2v) is 17.1. The highest BCUT2D eigenvalue weighted by Gasteiger charge is 2.31. The standard InChI is InChI=1S/C58H64N2O8/c1-11-65-55(61)51(56(62)66-12-2)35-43-17-25-47(26-18-43)59(49-23-15-37(5)39(7)33-49)53-29-21-45(31-41(53)9)46-22-30-54(42(10)32-46)60(50-24-16-38(6)40(8)34-50)48-27-19-44(20-28-48)36-52(57(63)67-13-3)58(64)68-14-4/h15-34,51-52H,11-14,35-36H2,1-10H3. The van der Waals surface area contributed by atoms with E-state index in [2.05, 4.69) is 124 Å². The molecule has 0 saturated carbocycles. The van der Waals surface area contributed by atoms with Crippen LogP contribution in [0.15, 0.2) is 121 Å². The quantitative estimate of drug-likeness (QED) is 0.0442. The Morgan fingerprint density at radius 1 is 0.368 bits per heavy atom. The van der Waals surface area contributed by atoms with Crippen LogP contribution in [-0.2, 0) is 51.0 Å². The summed E-state index contributed by atoms with van der Waals surface area (Å²) >= 11 is 0. The van der Waals surface area contributed by atoms with Gasteiger partial charge in [-0.25, -0.2) is 0 Å². The number of carbonyl (C=O) groups is 4. The lowest BCUT2D eigenvalue weighted by atomic mass is 9.97. The topological polar surface area (TPSA) is 112 Å². The Morgan fingerprint density at radius 3 is 0.956 bits per heavy atom. The fourth-order valence-electron chi connectivity index (χ4n) is 8.29. The first-order valence-corrected chi connectivity index (χ1v) is 23.5. The van der Waals surface area contributed by atoms with E-state index in [0.29, 0.717) is 0 Å². The molecule has 68 heavy (non-hydrogen) atoms. The summed E-state index contributed by atoms with van der Waals surface area (Å²) in [5.41, 5.74) is 16.5. The van der Waals surface area contributed by atoms with Gasteiger partial charge in [-0.05, 0) is 211 Å². The summed E-state index contributed by atoms with van der Waals surface area (Å²) in [7, 11) is 0. The van der Waals surface area contributed by atoms with Crippen LogP contribution in [0, 0.1) is 53.4 Å². The predicted octanol–water partition coefficient (Wildman–Crippen LogP) is 12.7. The zero-order valence-corrected chi connectivity index (χ0v) is 41.1. The predicted molar refractivity (Wildman–Crippen MR) is 271 cm³/mol. The van der Waals surface area contributed by atoms with Gasteiger partial charge in [0.05, 0.1) is 26.4 Å². The van der Waals surface area contributed by atoms with Crippen molar-refractivity contribution < 1.29 is 38.1 Å². The molecule has 354 valence electrons. The minimum Gasteiger partial charge on any atom is -0.465 e. The number of hydrogen-bond donors (Lipinski definition) is 0. The molecule has 0 amide bonds. The van der Waals surface area contributed by atoms with Crippen LogP contribution in [-0.4, -0.2) is 50.3 Å². The molecular weight excluding hydrogens is 853 g/mol. The molecule has 0 unspecified atom stereocenters. The molecule has 0 aliphatic rings. The summed E-state index contributed by atoms with van der Waals surface area (Å²) in [6.45, 7) is 20.3. The fraction of sp³-hybridized carbons (Fsp3) is 0.310. The molecule has 0 heterocycles. The zero-order valence-electron chi connectivity index (χ0n) is 41.1. The highest BCUT2D eigenvalue weighted by Crippen LogP contribution is 2.42. The molecule has 0 N–H and O–H groups in total. The smallest absolute Gasteiger partial charge is 0.320 e. The Balaban J connectivity index is 1.33. The number of ether oxygens (including phenoxy) is 4. The third kappa shape index (κ3) is 11.8. The maximum absolute atomic E-state index is 12.8. The summed E-state index contributed by atoms with van der Waals surface area (Å²) < 4.78 is 20.9. The van der Waals surface area contributed by atoms with Gasteiger partial charge in [0, 0.05) is 34.1 Å². The first-order valence-electron chi connectivity index (χ1n) is 23.5. The van der Waals surface area contributed by atoms with E-state index in [1.54, 1.807) is 27.7 Å². The minimum absolute atomic E-state index is 0.166. The van der Waals surface area contributed by atoms with Crippen molar-refractivity contribution >= 4 is 58.0 Å². The van der Waals surface area contributed by atoms with Gasteiger partial charge < -0.3 is 28.7 Å². The van der Waals surface area contributed by atoms with Crippen molar-refractivity contribution in [1.82, 2.24) is 0 Å². The monoisotopic (exact) mass is 916 g/mol. The van der Waals surface area contributed by atoms with Crippen LogP contribution in [0.5, 0.6) is 0 Å². The number of nitrogens with zero attached hydrogens (tertiary/aromatic N) is 2. The van der Waals surface area contributed by atoms with Gasteiger partial charge >= 0.3 is 23.9 Å². The molecule has 0 aliphatic carbocycles. The lowest BCUT2D eigenvalue weighted by Gasteiger charge is -2.29. The minimum atomic E-state index is -1.05. The van der Waals surface area contributed by atoms with E-state index in [-0.39, 0.29) is 39.3 Å². The first kappa shape index (κ1) is 50.2. The fourth-order valence-corrected chi connectivity index (χ4v) is 8.29. The van der Waals surface area contributed by atoms with E-state index >= 15 is 0 Å². The van der Waals surface area contributed by atoms with Crippen LogP contribution in [0.25, 0.3) is 11.1 Å². The third-order valence-corrected chi connectivity index (χ3v) is 12.3. The second-order valence-electron chi connectivity index (χ2n) is 17.1. The van der Waals surface area contributed by atoms with Gasteiger partial charge in [-0.1, -0.05) is 48.5 Å². The number of carbonyl (C=O) groups excluding carboxylic acids is 4. The molecule has 0 aromatic heterocycles. The molecule has 6 rings (SSSR count). The molecular formula is C58H64N2O8. The Bertz CT molecular complexity index is 2520. The second kappa shape index (κ2) is 23.0. The molecule has 0 bridgehead atoms. The molecule has 0 radical (unpaired) electrons. The molecule has 10 nitrogen and oxygen atoms in total. The number of anilines is 6. The number of rotatable bonds is 19. The van der Waals surface area contributed by atoms with Gasteiger partial charge in [-0.15, -0.1) is 0 Å². The largest absolute Gasteiger partial charge is 0.465 e. The van der Waals surface area contributed by atoms with Crippen LogP contribution in [0.4, 0.5) is 34.1 Å². The maximum atomic E-state index is 12.8. The summed E-state index contributed by atoms with van der Waals surface area (Å²) in [6.07, 6.45) is 0.333. The normalized spacial score (nSPS) is 11.1. The van der Waals surface area contributed by atoms with Crippen molar-refractivity contribution in [2.24, 2.45) is 11.8 Å². The molecule has 10 heteroatoms. The lowest BCUT2D eigenvalue weighted by Crippen LogP contribution is -2.30. The number of aryl methyl sites for hydroxylation is 6. The summed E-state index contributed by atoms with van der Waals surface area (Å²) in [4.78, 5) is 55.6. The van der Waals surface area contributed by atoms with E-state index in [1.165, 1.54) is 22.3 Å². The maximum Gasteiger partial charge on any atom is 0.320 e. The number of hydrogen-bond acceptors (Lipinski definition) is 10. The van der Waals surface area contributed by atoms with Crippen molar-refractivity contribution in [3.05, 3.63) is 166 Å².